The third kappa shape index (κ3) is 5.61. The predicted octanol–water partition coefficient (Wildman–Crippen LogP) is 2.30. The highest BCUT2D eigenvalue weighted by atomic mass is 16.7. The molecule has 4 nitrogen and oxygen atoms in total. The van der Waals surface area contributed by atoms with Crippen LogP contribution in [0.2, 0.25) is 0 Å². The van der Waals surface area contributed by atoms with Gasteiger partial charge in [0.05, 0.1) is 6.10 Å². The highest BCUT2D eigenvalue weighted by Gasteiger charge is 2.20. The fourth-order valence-corrected chi connectivity index (χ4v) is 2.03. The minimum Gasteiger partial charge on any atom is -0.378 e. The average Bonchev–Trinajstić information content (AvgIpc) is 2.81. The van der Waals surface area contributed by atoms with Gasteiger partial charge in [-0.05, 0) is 39.5 Å². The van der Waals surface area contributed by atoms with Gasteiger partial charge < -0.3 is 14.2 Å². The molecule has 1 aliphatic rings. The monoisotopic (exact) mass is 244 g/mol. The number of hydrogen-bond donors (Lipinski definition) is 0. The predicted molar refractivity (Wildman–Crippen MR) is 64.9 cm³/mol. The van der Waals surface area contributed by atoms with E-state index in [4.69, 9.17) is 14.2 Å². The van der Waals surface area contributed by atoms with Crippen molar-refractivity contribution in [3.63, 3.8) is 0 Å². The van der Waals surface area contributed by atoms with E-state index < -0.39 is 6.29 Å². The molecule has 1 saturated heterocycles. The summed E-state index contributed by atoms with van der Waals surface area (Å²) in [4.78, 5) is 11.8. The molecule has 0 spiro atoms. The van der Waals surface area contributed by atoms with E-state index in [-0.39, 0.29) is 5.78 Å². The van der Waals surface area contributed by atoms with E-state index in [0.29, 0.717) is 25.7 Å². The van der Waals surface area contributed by atoms with Gasteiger partial charge in [-0.15, -0.1) is 0 Å². The van der Waals surface area contributed by atoms with Gasteiger partial charge in [0, 0.05) is 26.2 Å². The van der Waals surface area contributed by atoms with Crippen molar-refractivity contribution in [1.29, 1.82) is 0 Å². The van der Waals surface area contributed by atoms with Gasteiger partial charge in [0.25, 0.3) is 0 Å². The molecule has 100 valence electrons. The quantitative estimate of drug-likeness (QED) is 0.584. The van der Waals surface area contributed by atoms with E-state index in [1.165, 1.54) is 0 Å². The highest BCUT2D eigenvalue weighted by Crippen LogP contribution is 2.18. The lowest BCUT2D eigenvalue weighted by Crippen LogP contribution is -2.27. The summed E-state index contributed by atoms with van der Waals surface area (Å²) < 4.78 is 16.0. The standard InChI is InChI=1S/C13H24O4/c1-3-15-13(16-4-2)12(14)9-5-7-11-8-6-10-17-11/h11,13H,3-10H2,1-2H3. The molecule has 0 aromatic rings. The van der Waals surface area contributed by atoms with Crippen LogP contribution in [0.3, 0.4) is 0 Å². The average molecular weight is 244 g/mol. The van der Waals surface area contributed by atoms with Gasteiger partial charge in [0.15, 0.2) is 5.78 Å². The van der Waals surface area contributed by atoms with Crippen molar-refractivity contribution >= 4 is 5.78 Å². The Kier molecular flexibility index (Phi) is 7.40. The second-order valence-corrected chi connectivity index (χ2v) is 4.24. The van der Waals surface area contributed by atoms with Gasteiger partial charge in [-0.3, -0.25) is 4.79 Å². The molecule has 0 aliphatic carbocycles. The first kappa shape index (κ1) is 14.6. The van der Waals surface area contributed by atoms with Crippen LogP contribution in [-0.2, 0) is 19.0 Å². The topological polar surface area (TPSA) is 44.8 Å². The maximum atomic E-state index is 11.8. The van der Waals surface area contributed by atoms with Gasteiger partial charge in [0.1, 0.15) is 0 Å². The zero-order valence-corrected chi connectivity index (χ0v) is 10.9. The molecule has 1 rings (SSSR count). The number of ketones is 1. The third-order valence-corrected chi connectivity index (χ3v) is 2.87. The molecule has 0 N–H and O–H groups in total. The van der Waals surface area contributed by atoms with Gasteiger partial charge in [-0.25, -0.2) is 0 Å². The lowest BCUT2D eigenvalue weighted by atomic mass is 10.1. The molecule has 0 aromatic heterocycles. The Labute approximate surface area is 104 Å². The first-order valence-electron chi connectivity index (χ1n) is 6.65. The summed E-state index contributed by atoms with van der Waals surface area (Å²) in [6.07, 6.45) is 4.32. The lowest BCUT2D eigenvalue weighted by Gasteiger charge is -2.16. The van der Waals surface area contributed by atoms with Crippen molar-refractivity contribution in [2.75, 3.05) is 19.8 Å². The highest BCUT2D eigenvalue weighted by molar-refractivity contribution is 5.81. The molecule has 1 unspecified atom stereocenters. The largest absolute Gasteiger partial charge is 0.378 e. The smallest absolute Gasteiger partial charge is 0.217 e. The van der Waals surface area contributed by atoms with Crippen LogP contribution in [0.5, 0.6) is 0 Å². The van der Waals surface area contributed by atoms with Gasteiger partial charge in [0.2, 0.25) is 6.29 Å². The summed E-state index contributed by atoms with van der Waals surface area (Å²) in [5.74, 6) is 0.0479. The minimum atomic E-state index is -0.672. The van der Waals surface area contributed by atoms with Crippen molar-refractivity contribution in [3.05, 3.63) is 0 Å². The van der Waals surface area contributed by atoms with E-state index >= 15 is 0 Å². The zero-order chi connectivity index (χ0) is 12.5. The Morgan fingerprint density at radius 3 is 2.59 bits per heavy atom. The zero-order valence-electron chi connectivity index (χ0n) is 10.9. The Morgan fingerprint density at radius 2 is 2.06 bits per heavy atom. The van der Waals surface area contributed by atoms with Crippen LogP contribution in [0.4, 0.5) is 0 Å². The Balaban J connectivity index is 2.16. The number of ether oxygens (including phenoxy) is 3. The number of Topliss-reactive ketones (excluding diaryl/α,β-unsaturated/α-hetero) is 1. The van der Waals surface area contributed by atoms with Crippen molar-refractivity contribution < 1.29 is 19.0 Å². The van der Waals surface area contributed by atoms with Crippen LogP contribution in [0.25, 0.3) is 0 Å². The second-order valence-electron chi connectivity index (χ2n) is 4.24. The molecule has 4 heteroatoms. The summed E-state index contributed by atoms with van der Waals surface area (Å²) in [7, 11) is 0. The normalized spacial score (nSPS) is 20.1. The van der Waals surface area contributed by atoms with Crippen LogP contribution >= 0.6 is 0 Å². The molecule has 0 radical (unpaired) electrons. The molecule has 0 aromatic carbocycles. The van der Waals surface area contributed by atoms with E-state index in [9.17, 15) is 4.79 Å². The van der Waals surface area contributed by atoms with Crippen molar-refractivity contribution in [2.24, 2.45) is 0 Å². The molecular weight excluding hydrogens is 220 g/mol. The Morgan fingerprint density at radius 1 is 1.35 bits per heavy atom. The van der Waals surface area contributed by atoms with E-state index in [2.05, 4.69) is 0 Å². The molecule has 0 bridgehead atoms. The van der Waals surface area contributed by atoms with Crippen LogP contribution in [0.15, 0.2) is 0 Å². The molecule has 17 heavy (non-hydrogen) atoms. The van der Waals surface area contributed by atoms with Crippen LogP contribution in [-0.4, -0.2) is 38.0 Å². The Bertz CT molecular complexity index is 205. The minimum absolute atomic E-state index is 0.0479. The fraction of sp³-hybridized carbons (Fsp3) is 0.923. The van der Waals surface area contributed by atoms with Crippen molar-refractivity contribution in [3.8, 4) is 0 Å². The summed E-state index contributed by atoms with van der Waals surface area (Å²) in [5.41, 5.74) is 0. The van der Waals surface area contributed by atoms with E-state index in [1.54, 1.807) is 0 Å². The summed E-state index contributed by atoms with van der Waals surface area (Å²) in [6.45, 7) is 5.61. The SMILES string of the molecule is CCOC(OCC)C(=O)CCCC1CCCO1. The van der Waals surface area contributed by atoms with Crippen molar-refractivity contribution in [1.82, 2.24) is 0 Å². The summed E-state index contributed by atoms with van der Waals surface area (Å²) in [5, 5.41) is 0. The Hall–Kier alpha value is -0.450. The molecule has 1 atom stereocenters. The maximum absolute atomic E-state index is 11.8. The summed E-state index contributed by atoms with van der Waals surface area (Å²) in [6, 6.07) is 0. The van der Waals surface area contributed by atoms with Gasteiger partial charge in [-0.2, -0.15) is 0 Å². The van der Waals surface area contributed by atoms with Crippen LogP contribution < -0.4 is 0 Å². The number of carbonyl (C=O) groups excluding carboxylic acids is 1. The molecule has 1 heterocycles. The maximum Gasteiger partial charge on any atom is 0.217 e. The number of carbonyl (C=O) groups is 1. The third-order valence-electron chi connectivity index (χ3n) is 2.87. The van der Waals surface area contributed by atoms with Crippen LogP contribution in [0.1, 0.15) is 46.0 Å². The number of hydrogen-bond acceptors (Lipinski definition) is 4. The van der Waals surface area contributed by atoms with Crippen molar-refractivity contribution in [2.45, 2.75) is 58.3 Å². The molecular formula is C13H24O4. The lowest BCUT2D eigenvalue weighted by molar-refractivity contribution is -0.168. The molecule has 0 saturated carbocycles. The molecule has 0 amide bonds. The summed E-state index contributed by atoms with van der Waals surface area (Å²) >= 11 is 0. The van der Waals surface area contributed by atoms with Gasteiger partial charge >= 0.3 is 0 Å². The molecule has 1 fully saturated rings. The first-order chi connectivity index (χ1) is 8.27. The molecule has 1 aliphatic heterocycles. The van der Waals surface area contributed by atoms with Gasteiger partial charge in [-0.1, -0.05) is 0 Å². The second kappa shape index (κ2) is 8.61. The number of rotatable bonds is 9. The fourth-order valence-electron chi connectivity index (χ4n) is 2.03. The van der Waals surface area contributed by atoms with Crippen LogP contribution in [0, 0.1) is 0 Å². The van der Waals surface area contributed by atoms with E-state index in [1.807, 2.05) is 13.8 Å². The van der Waals surface area contributed by atoms with E-state index in [0.717, 1.165) is 32.3 Å². The first-order valence-corrected chi connectivity index (χ1v) is 6.65.